The Hall–Kier alpha value is -1.39. The second-order valence-electron chi connectivity index (χ2n) is 3.62. The number of nitrogens with one attached hydrogen (secondary N) is 2. The highest BCUT2D eigenvalue weighted by molar-refractivity contribution is 6.45. The smallest absolute Gasteiger partial charge is 0.288 e. The van der Waals surface area contributed by atoms with Gasteiger partial charge in [0.15, 0.2) is 0 Å². The Morgan fingerprint density at radius 1 is 1.23 bits per heavy atom. The molecule has 1 aliphatic heterocycles. The molecule has 70 valence electrons. The fraction of sp³-hybridized carbons (Fsp3) is 0.625. The van der Waals surface area contributed by atoms with Gasteiger partial charge in [-0.25, -0.2) is 4.99 Å². The van der Waals surface area contributed by atoms with E-state index in [0.717, 1.165) is 12.8 Å². The third-order valence-corrected chi connectivity index (χ3v) is 2.33. The molecule has 2 amide bonds. The van der Waals surface area contributed by atoms with Crippen LogP contribution in [0, 0.1) is 5.92 Å². The van der Waals surface area contributed by atoms with E-state index in [1.54, 1.807) is 0 Å². The van der Waals surface area contributed by atoms with Crippen LogP contribution < -0.4 is 10.6 Å². The summed E-state index contributed by atoms with van der Waals surface area (Å²) in [5.74, 6) is -0.216. The summed E-state index contributed by atoms with van der Waals surface area (Å²) in [7, 11) is 0. The molecule has 0 aromatic heterocycles. The van der Waals surface area contributed by atoms with Crippen LogP contribution >= 0.6 is 0 Å². The van der Waals surface area contributed by atoms with Gasteiger partial charge < -0.3 is 0 Å². The summed E-state index contributed by atoms with van der Waals surface area (Å²) in [5.41, 5.74) is 0. The minimum atomic E-state index is -0.619. The minimum absolute atomic E-state index is 0.267. The minimum Gasteiger partial charge on any atom is -0.288 e. The van der Waals surface area contributed by atoms with E-state index in [2.05, 4.69) is 22.5 Å². The number of guanidine groups is 1. The second kappa shape index (κ2) is 2.83. The molecule has 5 nitrogen and oxygen atoms in total. The average molecular weight is 181 g/mol. The van der Waals surface area contributed by atoms with E-state index in [1.807, 2.05) is 0 Å². The highest BCUT2D eigenvalue weighted by Gasteiger charge is 2.29. The van der Waals surface area contributed by atoms with Gasteiger partial charge in [-0.15, -0.1) is 0 Å². The van der Waals surface area contributed by atoms with E-state index in [1.165, 1.54) is 0 Å². The molecule has 1 saturated carbocycles. The Balaban J connectivity index is 1.95. The van der Waals surface area contributed by atoms with Crippen LogP contribution in [-0.2, 0) is 9.59 Å². The van der Waals surface area contributed by atoms with Crippen molar-refractivity contribution >= 4 is 17.8 Å². The SMILES string of the molecule is CC1CC(N=C2NC(=O)C(=O)N2)C1. The highest BCUT2D eigenvalue weighted by Crippen LogP contribution is 2.29. The predicted molar refractivity (Wildman–Crippen MR) is 45.9 cm³/mol. The lowest BCUT2D eigenvalue weighted by Gasteiger charge is -2.29. The summed E-state index contributed by atoms with van der Waals surface area (Å²) >= 11 is 0. The van der Waals surface area contributed by atoms with E-state index in [-0.39, 0.29) is 6.04 Å². The summed E-state index contributed by atoms with van der Waals surface area (Å²) in [4.78, 5) is 25.7. The third-order valence-electron chi connectivity index (χ3n) is 2.33. The zero-order chi connectivity index (χ0) is 9.42. The number of carbonyl (C=O) groups excluding carboxylic acids is 2. The van der Waals surface area contributed by atoms with Gasteiger partial charge in [0, 0.05) is 0 Å². The van der Waals surface area contributed by atoms with E-state index in [9.17, 15) is 9.59 Å². The van der Waals surface area contributed by atoms with E-state index in [0.29, 0.717) is 11.9 Å². The molecule has 1 aliphatic carbocycles. The number of aliphatic imine (C=N–C) groups is 1. The molecule has 0 aromatic carbocycles. The summed E-state index contributed by atoms with van der Waals surface area (Å²) in [6.07, 6.45) is 2.07. The summed E-state index contributed by atoms with van der Waals surface area (Å²) in [6, 6.07) is 0.267. The number of amides is 2. The van der Waals surface area contributed by atoms with Crippen LogP contribution in [0.1, 0.15) is 19.8 Å². The lowest BCUT2D eigenvalue weighted by Crippen LogP contribution is -2.32. The van der Waals surface area contributed by atoms with Crippen LogP contribution in [0.5, 0.6) is 0 Å². The molecule has 5 heteroatoms. The van der Waals surface area contributed by atoms with Crippen molar-refractivity contribution in [2.75, 3.05) is 0 Å². The Morgan fingerprint density at radius 3 is 2.23 bits per heavy atom. The molecule has 0 radical (unpaired) electrons. The second-order valence-corrected chi connectivity index (χ2v) is 3.62. The molecule has 13 heavy (non-hydrogen) atoms. The monoisotopic (exact) mass is 181 g/mol. The van der Waals surface area contributed by atoms with Crippen LogP contribution in [0.4, 0.5) is 0 Å². The molecule has 2 aliphatic rings. The standard InChI is InChI=1S/C8H11N3O2/c1-4-2-5(3-4)9-8-10-6(12)7(13)11-8/h4-5H,2-3H2,1H3,(H2,9,10,11,12,13). The van der Waals surface area contributed by atoms with Gasteiger partial charge in [0.2, 0.25) is 5.96 Å². The van der Waals surface area contributed by atoms with Crippen molar-refractivity contribution in [2.24, 2.45) is 10.9 Å². The zero-order valence-electron chi connectivity index (χ0n) is 7.33. The molecule has 0 unspecified atom stereocenters. The number of carbonyl (C=O) groups is 2. The quantitative estimate of drug-likeness (QED) is 0.529. The first-order chi connectivity index (χ1) is 6.15. The number of rotatable bonds is 1. The van der Waals surface area contributed by atoms with Crippen molar-refractivity contribution in [3.63, 3.8) is 0 Å². The van der Waals surface area contributed by atoms with E-state index < -0.39 is 11.8 Å². The van der Waals surface area contributed by atoms with Gasteiger partial charge in [-0.05, 0) is 18.8 Å². The Kier molecular flexibility index (Phi) is 1.79. The summed E-state index contributed by atoms with van der Waals surface area (Å²) in [6.45, 7) is 2.16. The van der Waals surface area contributed by atoms with E-state index in [4.69, 9.17) is 0 Å². The topological polar surface area (TPSA) is 70.6 Å². The predicted octanol–water partition coefficient (Wildman–Crippen LogP) is -0.613. The zero-order valence-corrected chi connectivity index (χ0v) is 7.33. The van der Waals surface area contributed by atoms with Gasteiger partial charge in [-0.2, -0.15) is 0 Å². The van der Waals surface area contributed by atoms with E-state index >= 15 is 0 Å². The fourth-order valence-electron chi connectivity index (χ4n) is 1.57. The van der Waals surface area contributed by atoms with Gasteiger partial charge >= 0.3 is 11.8 Å². The fourth-order valence-corrected chi connectivity index (χ4v) is 1.57. The van der Waals surface area contributed by atoms with Crippen LogP contribution in [0.3, 0.4) is 0 Å². The van der Waals surface area contributed by atoms with Crippen molar-refractivity contribution in [1.29, 1.82) is 0 Å². The van der Waals surface area contributed by atoms with Crippen LogP contribution in [0.15, 0.2) is 4.99 Å². The molecule has 0 bridgehead atoms. The van der Waals surface area contributed by atoms with Crippen LogP contribution in [0.25, 0.3) is 0 Å². The van der Waals surface area contributed by atoms with Crippen molar-refractivity contribution in [1.82, 2.24) is 10.6 Å². The van der Waals surface area contributed by atoms with Gasteiger partial charge in [0.25, 0.3) is 0 Å². The average Bonchev–Trinajstić information content (AvgIpc) is 2.28. The van der Waals surface area contributed by atoms with Crippen molar-refractivity contribution < 1.29 is 9.59 Å². The first-order valence-electron chi connectivity index (χ1n) is 4.35. The number of hydrogen-bond acceptors (Lipinski definition) is 3. The Morgan fingerprint density at radius 2 is 1.77 bits per heavy atom. The van der Waals surface area contributed by atoms with Crippen LogP contribution in [-0.4, -0.2) is 23.8 Å². The summed E-state index contributed by atoms with van der Waals surface area (Å²) in [5, 5.41) is 4.74. The number of nitrogens with zero attached hydrogens (tertiary/aromatic N) is 1. The first kappa shape index (κ1) is 8.22. The Labute approximate surface area is 75.6 Å². The molecule has 0 spiro atoms. The molecular formula is C8H11N3O2. The lowest BCUT2D eigenvalue weighted by atomic mass is 9.82. The van der Waals surface area contributed by atoms with Gasteiger partial charge in [0.1, 0.15) is 0 Å². The maximum Gasteiger partial charge on any atom is 0.316 e. The molecule has 1 saturated heterocycles. The maximum atomic E-state index is 10.7. The van der Waals surface area contributed by atoms with Gasteiger partial charge in [0.05, 0.1) is 6.04 Å². The maximum absolute atomic E-state index is 10.7. The molecule has 2 rings (SSSR count). The van der Waals surface area contributed by atoms with Crippen molar-refractivity contribution in [3.8, 4) is 0 Å². The molecule has 2 fully saturated rings. The molecular weight excluding hydrogens is 170 g/mol. The molecule has 2 N–H and O–H groups in total. The number of hydrogen-bond donors (Lipinski definition) is 2. The molecule has 1 heterocycles. The van der Waals surface area contributed by atoms with Crippen LogP contribution in [0.2, 0.25) is 0 Å². The Bertz CT molecular complexity index is 274. The summed E-state index contributed by atoms with van der Waals surface area (Å²) < 4.78 is 0. The van der Waals surface area contributed by atoms with Crippen molar-refractivity contribution in [3.05, 3.63) is 0 Å². The largest absolute Gasteiger partial charge is 0.316 e. The highest BCUT2D eigenvalue weighted by atomic mass is 16.2. The third kappa shape index (κ3) is 1.54. The van der Waals surface area contributed by atoms with Gasteiger partial charge in [-0.3, -0.25) is 20.2 Å². The normalized spacial score (nSPS) is 32.2. The van der Waals surface area contributed by atoms with Gasteiger partial charge in [-0.1, -0.05) is 6.92 Å². The first-order valence-corrected chi connectivity index (χ1v) is 4.35. The lowest BCUT2D eigenvalue weighted by molar-refractivity contribution is -0.135. The molecule has 0 atom stereocenters. The van der Waals surface area contributed by atoms with Crippen molar-refractivity contribution in [2.45, 2.75) is 25.8 Å². The molecule has 0 aromatic rings.